The molecule has 2 aliphatic rings. The minimum atomic E-state index is -0.593. The first-order chi connectivity index (χ1) is 13.4. The smallest absolute Gasteiger partial charge is 0.401 e. The maximum Gasteiger partial charge on any atom is 0.401 e. The van der Waals surface area contributed by atoms with E-state index in [0.717, 1.165) is 22.0 Å². The van der Waals surface area contributed by atoms with Gasteiger partial charge in [-0.15, -0.1) is 0 Å². The molecule has 3 amide bonds. The van der Waals surface area contributed by atoms with Gasteiger partial charge < -0.3 is 10.1 Å². The lowest BCUT2D eigenvalue weighted by Gasteiger charge is -2.30. The van der Waals surface area contributed by atoms with E-state index in [-0.39, 0.29) is 11.9 Å². The number of imide groups is 1. The van der Waals surface area contributed by atoms with Crippen LogP contribution in [0.15, 0.2) is 35.5 Å². The molecule has 4 rings (SSSR count). The highest BCUT2D eigenvalue weighted by Gasteiger charge is 2.52. The van der Waals surface area contributed by atoms with E-state index in [2.05, 4.69) is 10.3 Å². The molecule has 28 heavy (non-hydrogen) atoms. The van der Waals surface area contributed by atoms with Crippen molar-refractivity contribution >= 4 is 29.4 Å². The molecular formula is C19H23N6O3+. The van der Waals surface area contributed by atoms with Gasteiger partial charge in [-0.3, -0.25) is 14.6 Å². The first-order valence-electron chi connectivity index (χ1n) is 9.06. The highest BCUT2D eigenvalue weighted by atomic mass is 16.5. The van der Waals surface area contributed by atoms with Gasteiger partial charge in [0.2, 0.25) is 11.9 Å². The van der Waals surface area contributed by atoms with Crippen LogP contribution in [0.4, 0.5) is 16.4 Å². The molecule has 9 heteroatoms. The Hall–Kier alpha value is -3.36. The SMILES string of the molecule is COc1ccccc1NCCn1c(C)c[n+]2c1N=C1C2C(=O)N(C)C(=O)N1C. The summed E-state index contributed by atoms with van der Waals surface area (Å²) in [4.78, 5) is 32.1. The number of nitrogens with one attached hydrogen (secondary N) is 1. The Kier molecular flexibility index (Phi) is 4.29. The van der Waals surface area contributed by atoms with Crippen LogP contribution in [-0.4, -0.2) is 59.9 Å². The highest BCUT2D eigenvalue weighted by Crippen LogP contribution is 2.28. The standard InChI is InChI=1S/C19H23N6O3/c1-12-11-25-15-16(22(2)19(27)23(3)17(15)26)21-18(25)24(12)10-9-20-13-7-5-6-8-14(13)28-4/h5-8,11,15,20H,9-10H2,1-4H3/q+1. The summed E-state index contributed by atoms with van der Waals surface area (Å²) in [5.74, 6) is 1.65. The summed E-state index contributed by atoms with van der Waals surface area (Å²) in [6.07, 6.45) is 1.91. The van der Waals surface area contributed by atoms with Crippen molar-refractivity contribution < 1.29 is 18.9 Å². The van der Waals surface area contributed by atoms with E-state index in [1.165, 1.54) is 11.9 Å². The second kappa shape index (κ2) is 6.66. The van der Waals surface area contributed by atoms with Gasteiger partial charge >= 0.3 is 12.0 Å². The number of fused-ring (bicyclic) bond motifs is 3. The van der Waals surface area contributed by atoms with Crippen molar-refractivity contribution in [1.82, 2.24) is 14.4 Å². The van der Waals surface area contributed by atoms with Gasteiger partial charge in [0.05, 0.1) is 19.3 Å². The minimum absolute atomic E-state index is 0.269. The summed E-state index contributed by atoms with van der Waals surface area (Å²) >= 11 is 0. The number of benzene rings is 1. The van der Waals surface area contributed by atoms with Crippen molar-refractivity contribution in [2.75, 3.05) is 33.1 Å². The van der Waals surface area contributed by atoms with Crippen LogP contribution < -0.4 is 14.6 Å². The monoisotopic (exact) mass is 383 g/mol. The van der Waals surface area contributed by atoms with Crippen LogP contribution in [-0.2, 0) is 11.3 Å². The van der Waals surface area contributed by atoms with Crippen molar-refractivity contribution in [3.8, 4) is 5.75 Å². The Morgan fingerprint density at radius 1 is 1.21 bits per heavy atom. The van der Waals surface area contributed by atoms with Gasteiger partial charge in [0.25, 0.3) is 5.91 Å². The number of hydrogen-bond donors (Lipinski definition) is 1. The Morgan fingerprint density at radius 3 is 2.71 bits per heavy atom. The van der Waals surface area contributed by atoms with Crippen molar-refractivity contribution in [2.24, 2.45) is 4.99 Å². The average Bonchev–Trinajstić information content (AvgIpc) is 3.20. The summed E-state index contributed by atoms with van der Waals surface area (Å²) < 4.78 is 9.25. The van der Waals surface area contributed by atoms with Crippen molar-refractivity contribution in [3.63, 3.8) is 0 Å². The molecule has 0 spiro atoms. The topological polar surface area (TPSA) is 83.0 Å². The van der Waals surface area contributed by atoms with E-state index in [0.29, 0.717) is 24.9 Å². The molecule has 2 aliphatic heterocycles. The molecule has 146 valence electrons. The number of aromatic nitrogens is 2. The summed E-state index contributed by atoms with van der Waals surface area (Å²) in [5, 5.41) is 3.37. The molecule has 1 atom stereocenters. The number of imidazole rings is 1. The maximum absolute atomic E-state index is 12.7. The number of aliphatic imine (C=N–C) groups is 1. The van der Waals surface area contributed by atoms with Crippen LogP contribution in [0, 0.1) is 6.92 Å². The van der Waals surface area contributed by atoms with Gasteiger partial charge in [-0.05, 0) is 19.1 Å². The van der Waals surface area contributed by atoms with Crippen LogP contribution in [0.1, 0.15) is 11.7 Å². The molecule has 1 aromatic heterocycles. The largest absolute Gasteiger partial charge is 0.495 e. The Morgan fingerprint density at radius 2 is 1.96 bits per heavy atom. The molecular weight excluding hydrogens is 360 g/mol. The van der Waals surface area contributed by atoms with E-state index in [9.17, 15) is 9.59 Å². The van der Waals surface area contributed by atoms with Crippen LogP contribution >= 0.6 is 0 Å². The summed E-state index contributed by atoms with van der Waals surface area (Å²) in [7, 11) is 4.78. The predicted octanol–water partition coefficient (Wildman–Crippen LogP) is 1.31. The molecule has 0 saturated carbocycles. The van der Waals surface area contributed by atoms with E-state index < -0.39 is 6.04 Å². The van der Waals surface area contributed by atoms with Gasteiger partial charge in [0.15, 0.2) is 0 Å². The zero-order valence-corrected chi connectivity index (χ0v) is 16.3. The fraction of sp³-hybridized carbons (Fsp3) is 0.368. The summed E-state index contributed by atoms with van der Waals surface area (Å²) in [5.41, 5.74) is 1.91. The van der Waals surface area contributed by atoms with Crippen molar-refractivity contribution in [3.05, 3.63) is 36.2 Å². The Bertz CT molecular complexity index is 996. The number of aryl methyl sites for hydroxylation is 1. The van der Waals surface area contributed by atoms with Gasteiger partial charge in [0, 0.05) is 20.6 Å². The van der Waals surface area contributed by atoms with Gasteiger partial charge in [-0.25, -0.2) is 13.9 Å². The predicted molar refractivity (Wildman–Crippen MR) is 103 cm³/mol. The molecule has 1 fully saturated rings. The number of para-hydroxylation sites is 2. The molecule has 2 aromatic rings. The second-order valence-electron chi connectivity index (χ2n) is 6.87. The zero-order valence-electron chi connectivity index (χ0n) is 16.3. The van der Waals surface area contributed by atoms with Gasteiger partial charge in [-0.2, -0.15) is 0 Å². The third-order valence-corrected chi connectivity index (χ3v) is 5.20. The number of ether oxygens (including phenoxy) is 1. The van der Waals surface area contributed by atoms with Gasteiger partial charge in [0.1, 0.15) is 17.6 Å². The number of rotatable bonds is 5. The number of nitrogens with zero attached hydrogens (tertiary/aromatic N) is 5. The van der Waals surface area contributed by atoms with E-state index >= 15 is 0 Å². The Labute approximate surface area is 162 Å². The Balaban J connectivity index is 1.58. The molecule has 0 aliphatic carbocycles. The number of hydrogen-bond acceptors (Lipinski definition) is 5. The number of amidine groups is 1. The van der Waals surface area contributed by atoms with Crippen molar-refractivity contribution in [1.29, 1.82) is 0 Å². The van der Waals surface area contributed by atoms with Crippen LogP contribution in [0.2, 0.25) is 0 Å². The number of amides is 3. The highest BCUT2D eigenvalue weighted by molar-refractivity contribution is 6.18. The fourth-order valence-corrected chi connectivity index (χ4v) is 3.68. The van der Waals surface area contributed by atoms with Crippen molar-refractivity contribution in [2.45, 2.75) is 19.5 Å². The van der Waals surface area contributed by atoms with Crippen LogP contribution in [0.25, 0.3) is 0 Å². The van der Waals surface area contributed by atoms with E-state index in [1.54, 1.807) is 14.2 Å². The number of carbonyl (C=O) groups excluding carboxylic acids is 2. The lowest BCUT2D eigenvalue weighted by molar-refractivity contribution is -0.677. The number of urea groups is 1. The third kappa shape index (κ3) is 2.62. The molecule has 0 bridgehead atoms. The molecule has 9 nitrogen and oxygen atoms in total. The number of carbonyl (C=O) groups is 2. The maximum atomic E-state index is 12.7. The zero-order chi connectivity index (χ0) is 20.0. The lowest BCUT2D eigenvalue weighted by Crippen LogP contribution is -2.61. The molecule has 1 aromatic carbocycles. The minimum Gasteiger partial charge on any atom is -0.495 e. The molecule has 1 unspecified atom stereocenters. The lowest BCUT2D eigenvalue weighted by atomic mass is 10.2. The quantitative estimate of drug-likeness (QED) is 0.790. The van der Waals surface area contributed by atoms with E-state index in [1.807, 2.05) is 46.5 Å². The number of methoxy groups -OCH3 is 1. The third-order valence-electron chi connectivity index (χ3n) is 5.20. The van der Waals surface area contributed by atoms with Crippen LogP contribution in [0.3, 0.4) is 0 Å². The number of likely N-dealkylation sites (N-methyl/N-ethyl adjacent to an activating group) is 2. The first kappa shape index (κ1) is 18.0. The molecule has 0 radical (unpaired) electrons. The first-order valence-corrected chi connectivity index (χ1v) is 9.06. The van der Waals surface area contributed by atoms with Crippen LogP contribution in [0.5, 0.6) is 5.75 Å². The summed E-state index contributed by atoms with van der Waals surface area (Å²) in [6.45, 7) is 3.29. The average molecular weight is 383 g/mol. The van der Waals surface area contributed by atoms with Gasteiger partial charge in [-0.1, -0.05) is 17.1 Å². The molecule has 1 saturated heterocycles. The normalized spacial score (nSPS) is 18.1. The molecule has 1 N–H and O–H groups in total. The summed E-state index contributed by atoms with van der Waals surface area (Å²) in [6, 6.07) is 6.78. The fourth-order valence-electron chi connectivity index (χ4n) is 3.68. The molecule has 3 heterocycles. The number of anilines is 1. The van der Waals surface area contributed by atoms with E-state index in [4.69, 9.17) is 4.74 Å². The second-order valence-corrected chi connectivity index (χ2v) is 6.87.